The average Bonchev–Trinajstić information content (AvgIpc) is 3.05. The zero-order valence-corrected chi connectivity index (χ0v) is 10.6. The maximum atomic E-state index is 12.0. The highest BCUT2D eigenvalue weighted by Crippen LogP contribution is 2.10. The lowest BCUT2D eigenvalue weighted by Gasteiger charge is -2.15. The summed E-state index contributed by atoms with van der Waals surface area (Å²) in [6.45, 7) is 4.29. The van der Waals surface area contributed by atoms with E-state index >= 15 is 0 Å². The maximum absolute atomic E-state index is 12.0. The number of hydrogen-bond donors (Lipinski definition) is 1. The first kappa shape index (κ1) is 12.4. The molecule has 1 unspecified atom stereocenters. The number of furan rings is 1. The van der Waals surface area contributed by atoms with Crippen LogP contribution in [-0.4, -0.2) is 15.5 Å². The summed E-state index contributed by atoms with van der Waals surface area (Å²) in [5.41, 5.74) is 0. The SMILES string of the molecule is CCc1nccn1C(C)C(=O)NCc1ccco1. The highest BCUT2D eigenvalue weighted by Gasteiger charge is 2.16. The molecule has 0 fully saturated rings. The van der Waals surface area contributed by atoms with Crippen molar-refractivity contribution in [2.45, 2.75) is 32.9 Å². The van der Waals surface area contributed by atoms with Crippen LogP contribution < -0.4 is 5.32 Å². The molecule has 0 saturated heterocycles. The average molecular weight is 247 g/mol. The molecular formula is C13H17N3O2. The Morgan fingerprint density at radius 3 is 3.11 bits per heavy atom. The minimum Gasteiger partial charge on any atom is -0.467 e. The van der Waals surface area contributed by atoms with Gasteiger partial charge in [-0.3, -0.25) is 4.79 Å². The molecule has 1 amide bonds. The van der Waals surface area contributed by atoms with Crippen molar-refractivity contribution in [2.75, 3.05) is 0 Å². The predicted molar refractivity (Wildman–Crippen MR) is 66.9 cm³/mol. The lowest BCUT2D eigenvalue weighted by atomic mass is 10.3. The molecule has 2 rings (SSSR count). The molecule has 1 atom stereocenters. The van der Waals surface area contributed by atoms with Crippen LogP contribution >= 0.6 is 0 Å². The molecule has 0 aromatic carbocycles. The predicted octanol–water partition coefficient (Wildman–Crippen LogP) is 1.92. The Morgan fingerprint density at radius 2 is 2.44 bits per heavy atom. The van der Waals surface area contributed by atoms with E-state index in [1.54, 1.807) is 18.5 Å². The van der Waals surface area contributed by atoms with E-state index in [4.69, 9.17) is 4.42 Å². The summed E-state index contributed by atoms with van der Waals surface area (Å²) in [6.07, 6.45) is 5.95. The van der Waals surface area contributed by atoms with Crippen LogP contribution in [0, 0.1) is 0 Å². The zero-order chi connectivity index (χ0) is 13.0. The molecule has 5 nitrogen and oxygen atoms in total. The molecule has 18 heavy (non-hydrogen) atoms. The van der Waals surface area contributed by atoms with Gasteiger partial charge in [-0.2, -0.15) is 0 Å². The van der Waals surface area contributed by atoms with Crippen LogP contribution in [0.1, 0.15) is 31.5 Å². The molecule has 0 bridgehead atoms. The molecule has 96 valence electrons. The normalized spacial score (nSPS) is 12.3. The fourth-order valence-corrected chi connectivity index (χ4v) is 1.83. The van der Waals surface area contributed by atoms with Crippen LogP contribution in [0.3, 0.4) is 0 Å². The van der Waals surface area contributed by atoms with Gasteiger partial charge in [0.15, 0.2) is 0 Å². The van der Waals surface area contributed by atoms with E-state index in [0.29, 0.717) is 6.54 Å². The quantitative estimate of drug-likeness (QED) is 0.878. The van der Waals surface area contributed by atoms with Crippen LogP contribution in [0.25, 0.3) is 0 Å². The molecular weight excluding hydrogens is 230 g/mol. The molecule has 2 aromatic rings. The van der Waals surface area contributed by atoms with E-state index < -0.39 is 0 Å². The van der Waals surface area contributed by atoms with Crippen molar-refractivity contribution in [3.8, 4) is 0 Å². The van der Waals surface area contributed by atoms with Gasteiger partial charge in [0, 0.05) is 18.8 Å². The summed E-state index contributed by atoms with van der Waals surface area (Å²) in [5.74, 6) is 1.62. The molecule has 5 heteroatoms. The van der Waals surface area contributed by atoms with Crippen molar-refractivity contribution < 1.29 is 9.21 Å². The summed E-state index contributed by atoms with van der Waals surface area (Å²) < 4.78 is 7.05. The Balaban J connectivity index is 1.96. The maximum Gasteiger partial charge on any atom is 0.243 e. The third-order valence-electron chi connectivity index (χ3n) is 2.88. The molecule has 0 spiro atoms. The van der Waals surface area contributed by atoms with Gasteiger partial charge in [0.25, 0.3) is 0 Å². The van der Waals surface area contributed by atoms with Crippen molar-refractivity contribution in [1.82, 2.24) is 14.9 Å². The number of imidazole rings is 1. The molecule has 0 saturated carbocycles. The van der Waals surface area contributed by atoms with Gasteiger partial charge in [0.2, 0.25) is 5.91 Å². The Bertz CT molecular complexity index is 502. The highest BCUT2D eigenvalue weighted by molar-refractivity contribution is 5.79. The van der Waals surface area contributed by atoms with Gasteiger partial charge >= 0.3 is 0 Å². The monoisotopic (exact) mass is 247 g/mol. The lowest BCUT2D eigenvalue weighted by Crippen LogP contribution is -2.31. The zero-order valence-electron chi connectivity index (χ0n) is 10.6. The van der Waals surface area contributed by atoms with Crippen molar-refractivity contribution in [2.24, 2.45) is 0 Å². The summed E-state index contributed by atoms with van der Waals surface area (Å²) in [4.78, 5) is 16.2. The van der Waals surface area contributed by atoms with Gasteiger partial charge in [-0.05, 0) is 19.1 Å². The van der Waals surface area contributed by atoms with Gasteiger partial charge in [0.05, 0.1) is 12.8 Å². The first-order valence-electron chi connectivity index (χ1n) is 6.04. The number of aromatic nitrogens is 2. The van der Waals surface area contributed by atoms with Gasteiger partial charge in [-0.15, -0.1) is 0 Å². The van der Waals surface area contributed by atoms with E-state index in [0.717, 1.165) is 18.0 Å². The van der Waals surface area contributed by atoms with Gasteiger partial charge < -0.3 is 14.3 Å². The summed E-state index contributed by atoms with van der Waals surface area (Å²) >= 11 is 0. The van der Waals surface area contributed by atoms with E-state index in [-0.39, 0.29) is 11.9 Å². The third kappa shape index (κ3) is 2.61. The number of carbonyl (C=O) groups is 1. The molecule has 2 aromatic heterocycles. The number of amides is 1. The minimum atomic E-state index is -0.266. The first-order valence-corrected chi connectivity index (χ1v) is 6.04. The van der Waals surface area contributed by atoms with Crippen LogP contribution in [-0.2, 0) is 17.8 Å². The second-order valence-electron chi connectivity index (χ2n) is 4.08. The summed E-state index contributed by atoms with van der Waals surface area (Å²) in [6, 6.07) is 3.37. The van der Waals surface area contributed by atoms with Crippen molar-refractivity contribution >= 4 is 5.91 Å². The second-order valence-corrected chi connectivity index (χ2v) is 4.08. The van der Waals surface area contributed by atoms with Crippen LogP contribution in [0.4, 0.5) is 0 Å². The Morgan fingerprint density at radius 1 is 1.61 bits per heavy atom. The lowest BCUT2D eigenvalue weighted by molar-refractivity contribution is -0.124. The Kier molecular flexibility index (Phi) is 3.82. The fourth-order valence-electron chi connectivity index (χ4n) is 1.83. The molecule has 0 radical (unpaired) electrons. The minimum absolute atomic E-state index is 0.0425. The number of hydrogen-bond acceptors (Lipinski definition) is 3. The third-order valence-corrected chi connectivity index (χ3v) is 2.88. The topological polar surface area (TPSA) is 60.1 Å². The largest absolute Gasteiger partial charge is 0.467 e. The van der Waals surface area contributed by atoms with Crippen LogP contribution in [0.2, 0.25) is 0 Å². The van der Waals surface area contributed by atoms with Crippen LogP contribution in [0.5, 0.6) is 0 Å². The number of aryl methyl sites for hydroxylation is 1. The van der Waals surface area contributed by atoms with E-state index in [1.165, 1.54) is 0 Å². The number of nitrogens with one attached hydrogen (secondary N) is 1. The van der Waals surface area contributed by atoms with E-state index in [2.05, 4.69) is 10.3 Å². The van der Waals surface area contributed by atoms with Gasteiger partial charge in [0.1, 0.15) is 17.6 Å². The molecule has 0 aliphatic heterocycles. The first-order chi connectivity index (χ1) is 8.72. The summed E-state index contributed by atoms with van der Waals surface area (Å²) in [7, 11) is 0. The number of nitrogens with zero attached hydrogens (tertiary/aromatic N) is 2. The molecule has 2 heterocycles. The highest BCUT2D eigenvalue weighted by atomic mass is 16.3. The molecule has 0 aliphatic carbocycles. The molecule has 1 N–H and O–H groups in total. The number of rotatable bonds is 5. The second kappa shape index (κ2) is 5.53. The van der Waals surface area contributed by atoms with Gasteiger partial charge in [-0.25, -0.2) is 4.98 Å². The molecule has 0 aliphatic rings. The van der Waals surface area contributed by atoms with E-state index in [1.807, 2.05) is 30.7 Å². The Labute approximate surface area is 106 Å². The fraction of sp³-hybridized carbons (Fsp3) is 0.385. The Hall–Kier alpha value is -2.04. The van der Waals surface area contributed by atoms with Crippen molar-refractivity contribution in [3.63, 3.8) is 0 Å². The standard InChI is InChI=1S/C13H17N3O2/c1-3-12-14-6-7-16(12)10(2)13(17)15-9-11-5-4-8-18-11/h4-8,10H,3,9H2,1-2H3,(H,15,17). The van der Waals surface area contributed by atoms with Crippen molar-refractivity contribution in [3.05, 3.63) is 42.4 Å². The smallest absolute Gasteiger partial charge is 0.243 e. The van der Waals surface area contributed by atoms with Gasteiger partial charge in [-0.1, -0.05) is 6.92 Å². The number of carbonyl (C=O) groups excluding carboxylic acids is 1. The van der Waals surface area contributed by atoms with E-state index in [9.17, 15) is 4.79 Å². The summed E-state index contributed by atoms with van der Waals surface area (Å²) in [5, 5.41) is 2.84. The van der Waals surface area contributed by atoms with Crippen LogP contribution in [0.15, 0.2) is 35.2 Å². The van der Waals surface area contributed by atoms with Crippen molar-refractivity contribution in [1.29, 1.82) is 0 Å².